The van der Waals surface area contributed by atoms with Gasteiger partial charge in [-0.25, -0.2) is 0 Å². The van der Waals surface area contributed by atoms with E-state index in [0.29, 0.717) is 6.42 Å². The average molecular weight is 251 g/mol. The van der Waals surface area contributed by atoms with Crippen molar-refractivity contribution in [3.8, 4) is 0 Å². The van der Waals surface area contributed by atoms with Gasteiger partial charge in [-0.15, -0.1) is 0 Å². The second kappa shape index (κ2) is 6.29. The fourth-order valence-corrected chi connectivity index (χ4v) is 2.88. The van der Waals surface area contributed by atoms with Crippen molar-refractivity contribution in [1.82, 2.24) is 5.23 Å². The molecule has 1 aromatic carbocycles. The van der Waals surface area contributed by atoms with Crippen LogP contribution in [0.5, 0.6) is 0 Å². The first-order chi connectivity index (χ1) is 8.68. The van der Waals surface area contributed by atoms with Crippen molar-refractivity contribution in [1.29, 1.82) is 0 Å². The molecule has 0 aliphatic heterocycles. The summed E-state index contributed by atoms with van der Waals surface area (Å²) in [5.41, 5.74) is 1.20. The predicted octanol–water partition coefficient (Wildman–Crippen LogP) is 2.23. The summed E-state index contributed by atoms with van der Waals surface area (Å²) < 4.78 is 0. The Hall–Kier alpha value is -0.940. The molecule has 0 radical (unpaired) electrons. The van der Waals surface area contributed by atoms with Crippen molar-refractivity contribution in [2.45, 2.75) is 44.2 Å². The van der Waals surface area contributed by atoms with Crippen LogP contribution in [0.3, 0.4) is 0 Å². The lowest BCUT2D eigenvalue weighted by Crippen LogP contribution is -2.38. The van der Waals surface area contributed by atoms with Crippen molar-refractivity contribution in [3.63, 3.8) is 0 Å². The first-order valence-electron chi connectivity index (χ1n) is 6.57. The summed E-state index contributed by atoms with van der Waals surface area (Å²) in [5.74, 6) is -0.0382. The van der Waals surface area contributed by atoms with Gasteiger partial charge in [-0.2, -0.15) is 0 Å². The lowest BCUT2D eigenvalue weighted by molar-refractivity contribution is -0.339. The van der Waals surface area contributed by atoms with Crippen LogP contribution in [0.4, 0.5) is 0 Å². The summed E-state index contributed by atoms with van der Waals surface area (Å²) in [6.07, 6.45) is 3.55. The number of hydroxylamine groups is 2. The van der Waals surface area contributed by atoms with Crippen LogP contribution in [0.2, 0.25) is 0 Å². The zero-order chi connectivity index (χ0) is 13.0. The van der Waals surface area contributed by atoms with Crippen molar-refractivity contribution >= 4 is 0 Å². The van der Waals surface area contributed by atoms with Gasteiger partial charge < -0.3 is 5.11 Å². The molecule has 1 aliphatic carbocycles. The SMILES string of the molecule is OC(CCc1ccccc1)C1CCCC1N(O)O. The fraction of sp³-hybridized carbons (Fsp3) is 0.571. The highest BCUT2D eigenvalue weighted by molar-refractivity contribution is 5.14. The first-order valence-corrected chi connectivity index (χ1v) is 6.57. The molecular weight excluding hydrogens is 230 g/mol. The highest BCUT2D eigenvalue weighted by Crippen LogP contribution is 2.32. The van der Waals surface area contributed by atoms with E-state index in [2.05, 4.69) is 0 Å². The lowest BCUT2D eigenvalue weighted by atomic mass is 9.92. The number of benzene rings is 1. The normalized spacial score (nSPS) is 25.6. The van der Waals surface area contributed by atoms with Gasteiger partial charge in [-0.1, -0.05) is 42.0 Å². The average Bonchev–Trinajstić information content (AvgIpc) is 2.86. The summed E-state index contributed by atoms with van der Waals surface area (Å²) in [7, 11) is 0. The molecule has 3 atom stereocenters. The third-order valence-corrected chi connectivity index (χ3v) is 3.89. The first kappa shape index (κ1) is 13.5. The molecular formula is C14H21NO3. The van der Waals surface area contributed by atoms with Crippen molar-refractivity contribution in [2.75, 3.05) is 0 Å². The van der Waals surface area contributed by atoms with Crippen molar-refractivity contribution in [3.05, 3.63) is 35.9 Å². The molecule has 3 N–H and O–H groups in total. The molecule has 0 aromatic heterocycles. The van der Waals surface area contributed by atoms with Gasteiger partial charge in [0.15, 0.2) is 0 Å². The molecule has 3 unspecified atom stereocenters. The van der Waals surface area contributed by atoms with E-state index in [1.165, 1.54) is 5.56 Å². The van der Waals surface area contributed by atoms with Crippen LogP contribution in [0.15, 0.2) is 30.3 Å². The summed E-state index contributed by atoms with van der Waals surface area (Å²) in [6, 6.07) is 9.72. The van der Waals surface area contributed by atoms with E-state index in [9.17, 15) is 5.11 Å². The Morgan fingerprint density at radius 2 is 1.89 bits per heavy atom. The molecule has 0 heterocycles. The molecule has 0 bridgehead atoms. The summed E-state index contributed by atoms with van der Waals surface area (Å²) >= 11 is 0. The third kappa shape index (κ3) is 3.29. The van der Waals surface area contributed by atoms with Gasteiger partial charge in [0.1, 0.15) is 0 Å². The second-order valence-corrected chi connectivity index (χ2v) is 5.07. The molecule has 0 amide bonds. The van der Waals surface area contributed by atoms with Gasteiger partial charge in [0.25, 0.3) is 0 Å². The molecule has 0 saturated heterocycles. The Balaban J connectivity index is 1.86. The maximum Gasteiger partial charge on any atom is 0.0676 e. The molecule has 18 heavy (non-hydrogen) atoms. The summed E-state index contributed by atoms with van der Waals surface area (Å²) in [5, 5.41) is 28.7. The van der Waals surface area contributed by atoms with E-state index in [1.807, 2.05) is 30.3 Å². The van der Waals surface area contributed by atoms with Gasteiger partial charge in [-0.05, 0) is 31.2 Å². The number of aliphatic hydroxyl groups excluding tert-OH is 1. The van der Waals surface area contributed by atoms with E-state index in [4.69, 9.17) is 10.4 Å². The van der Waals surface area contributed by atoms with Crippen LogP contribution < -0.4 is 0 Å². The minimum absolute atomic E-state index is 0.0382. The molecule has 1 aromatic rings. The van der Waals surface area contributed by atoms with Crippen LogP contribution >= 0.6 is 0 Å². The van der Waals surface area contributed by atoms with Crippen LogP contribution in [0.25, 0.3) is 0 Å². The number of aryl methyl sites for hydroxylation is 1. The Morgan fingerprint density at radius 3 is 2.56 bits per heavy atom. The van der Waals surface area contributed by atoms with E-state index >= 15 is 0 Å². The van der Waals surface area contributed by atoms with Gasteiger partial charge in [0, 0.05) is 5.92 Å². The highest BCUT2D eigenvalue weighted by atomic mass is 16.8. The van der Waals surface area contributed by atoms with Crippen molar-refractivity contribution < 1.29 is 15.5 Å². The number of aliphatic hydroxyl groups is 1. The smallest absolute Gasteiger partial charge is 0.0676 e. The summed E-state index contributed by atoms with van der Waals surface area (Å²) in [6.45, 7) is 0. The van der Waals surface area contributed by atoms with Crippen LogP contribution in [0, 0.1) is 5.92 Å². The molecule has 4 nitrogen and oxygen atoms in total. The Bertz CT molecular complexity index is 355. The monoisotopic (exact) mass is 251 g/mol. The molecule has 100 valence electrons. The number of hydrogen-bond acceptors (Lipinski definition) is 4. The molecule has 2 rings (SSSR count). The Kier molecular flexibility index (Phi) is 4.72. The molecule has 1 fully saturated rings. The van der Waals surface area contributed by atoms with Crippen LogP contribution in [-0.2, 0) is 6.42 Å². The third-order valence-electron chi connectivity index (χ3n) is 3.89. The minimum atomic E-state index is -0.473. The largest absolute Gasteiger partial charge is 0.393 e. The van der Waals surface area contributed by atoms with Crippen molar-refractivity contribution in [2.24, 2.45) is 5.92 Å². The van der Waals surface area contributed by atoms with E-state index in [-0.39, 0.29) is 17.2 Å². The number of rotatable bonds is 5. The number of nitrogens with zero attached hydrogens (tertiary/aromatic N) is 1. The molecule has 1 aliphatic rings. The van der Waals surface area contributed by atoms with Crippen LogP contribution in [0.1, 0.15) is 31.2 Å². The maximum absolute atomic E-state index is 10.2. The fourth-order valence-electron chi connectivity index (χ4n) is 2.88. The van der Waals surface area contributed by atoms with E-state index in [1.54, 1.807) is 0 Å². The zero-order valence-electron chi connectivity index (χ0n) is 10.4. The summed E-state index contributed by atoms with van der Waals surface area (Å²) in [4.78, 5) is 0. The topological polar surface area (TPSA) is 63.9 Å². The Morgan fingerprint density at radius 1 is 1.17 bits per heavy atom. The lowest BCUT2D eigenvalue weighted by Gasteiger charge is -2.26. The van der Waals surface area contributed by atoms with Gasteiger partial charge in [-0.3, -0.25) is 10.4 Å². The second-order valence-electron chi connectivity index (χ2n) is 5.07. The van der Waals surface area contributed by atoms with E-state index in [0.717, 1.165) is 25.7 Å². The van der Waals surface area contributed by atoms with Gasteiger partial charge in [0.2, 0.25) is 0 Å². The van der Waals surface area contributed by atoms with Crippen LogP contribution in [-0.4, -0.2) is 32.9 Å². The van der Waals surface area contributed by atoms with E-state index < -0.39 is 6.10 Å². The predicted molar refractivity (Wildman–Crippen MR) is 67.3 cm³/mol. The minimum Gasteiger partial charge on any atom is -0.393 e. The molecule has 4 heteroatoms. The van der Waals surface area contributed by atoms with Gasteiger partial charge in [0.05, 0.1) is 12.1 Å². The Labute approximate surface area is 107 Å². The molecule has 0 spiro atoms. The molecule has 1 saturated carbocycles. The zero-order valence-corrected chi connectivity index (χ0v) is 10.4. The van der Waals surface area contributed by atoms with Gasteiger partial charge >= 0.3 is 0 Å². The maximum atomic E-state index is 10.2. The highest BCUT2D eigenvalue weighted by Gasteiger charge is 2.35. The quantitative estimate of drug-likeness (QED) is 0.702. The standard InChI is InChI=1S/C14H21NO3/c16-14(10-9-11-5-2-1-3-6-11)12-7-4-8-13(12)15(17)18/h1-3,5-6,12-14,16-18H,4,7-10H2. The number of hydrogen-bond donors (Lipinski definition) is 3.